The largest absolute Gasteiger partial charge is 0.494 e. The number of unbranched alkanes of at least 4 members (excludes halogenated alkanes) is 1. The van der Waals surface area contributed by atoms with Crippen LogP contribution in [0.1, 0.15) is 19.8 Å². The van der Waals surface area contributed by atoms with Crippen molar-refractivity contribution >= 4 is 10.0 Å². The van der Waals surface area contributed by atoms with Gasteiger partial charge in [-0.3, -0.25) is 0 Å². The summed E-state index contributed by atoms with van der Waals surface area (Å²) in [7, 11) is -0.311. The van der Waals surface area contributed by atoms with E-state index in [0.29, 0.717) is 12.4 Å². The fourth-order valence-corrected chi connectivity index (χ4v) is 2.15. The van der Waals surface area contributed by atoms with E-state index in [2.05, 4.69) is 6.92 Å². The predicted octanol–water partition coefficient (Wildman–Crippen LogP) is 2.12. The Balaban J connectivity index is 2.75. The first kappa shape index (κ1) is 14.0. The van der Waals surface area contributed by atoms with Crippen molar-refractivity contribution in [2.45, 2.75) is 24.7 Å². The number of sulfonamides is 1. The van der Waals surface area contributed by atoms with Gasteiger partial charge in [-0.25, -0.2) is 12.7 Å². The maximum absolute atomic E-state index is 11.8. The molecule has 0 atom stereocenters. The molecule has 1 aromatic carbocycles. The molecule has 96 valence electrons. The fraction of sp³-hybridized carbons (Fsp3) is 0.500. The molecule has 17 heavy (non-hydrogen) atoms. The molecule has 0 unspecified atom stereocenters. The van der Waals surface area contributed by atoms with Crippen LogP contribution in [0.4, 0.5) is 0 Å². The molecule has 0 spiro atoms. The van der Waals surface area contributed by atoms with Gasteiger partial charge < -0.3 is 4.74 Å². The van der Waals surface area contributed by atoms with E-state index < -0.39 is 10.0 Å². The number of hydrogen-bond acceptors (Lipinski definition) is 3. The van der Waals surface area contributed by atoms with E-state index in [4.69, 9.17) is 4.74 Å². The third-order valence-electron chi connectivity index (χ3n) is 2.37. The number of nitrogens with zero attached hydrogens (tertiary/aromatic N) is 1. The Labute approximate surface area is 103 Å². The average Bonchev–Trinajstić information content (AvgIpc) is 2.30. The van der Waals surface area contributed by atoms with Gasteiger partial charge in [0.25, 0.3) is 0 Å². The lowest BCUT2D eigenvalue weighted by Crippen LogP contribution is -2.22. The van der Waals surface area contributed by atoms with Crippen LogP contribution >= 0.6 is 0 Å². The van der Waals surface area contributed by atoms with E-state index in [0.717, 1.165) is 12.8 Å². The first-order valence-electron chi connectivity index (χ1n) is 5.64. The lowest BCUT2D eigenvalue weighted by atomic mass is 10.3. The van der Waals surface area contributed by atoms with Gasteiger partial charge in [-0.15, -0.1) is 0 Å². The monoisotopic (exact) mass is 257 g/mol. The van der Waals surface area contributed by atoms with Crippen LogP contribution in [0.2, 0.25) is 0 Å². The highest BCUT2D eigenvalue weighted by molar-refractivity contribution is 7.89. The Morgan fingerprint density at radius 1 is 1.18 bits per heavy atom. The maximum atomic E-state index is 11.8. The number of rotatable bonds is 6. The molecule has 0 N–H and O–H groups in total. The second kappa shape index (κ2) is 6.02. The molecular weight excluding hydrogens is 238 g/mol. The summed E-state index contributed by atoms with van der Waals surface area (Å²) >= 11 is 0. The summed E-state index contributed by atoms with van der Waals surface area (Å²) in [6.07, 6.45) is 2.07. The molecule has 5 heteroatoms. The van der Waals surface area contributed by atoms with Gasteiger partial charge in [0.1, 0.15) is 5.75 Å². The molecule has 0 aromatic heterocycles. The quantitative estimate of drug-likeness (QED) is 0.733. The van der Waals surface area contributed by atoms with Crippen LogP contribution in [0.5, 0.6) is 5.75 Å². The summed E-state index contributed by atoms with van der Waals surface area (Å²) in [6, 6.07) is 6.51. The van der Waals surface area contributed by atoms with E-state index in [1.807, 2.05) is 0 Å². The van der Waals surface area contributed by atoms with Crippen LogP contribution < -0.4 is 4.74 Å². The lowest BCUT2D eigenvalue weighted by Gasteiger charge is -2.11. The Bertz CT molecular complexity index is 437. The van der Waals surface area contributed by atoms with E-state index in [1.165, 1.54) is 18.4 Å². The van der Waals surface area contributed by atoms with Crippen LogP contribution in [-0.2, 0) is 10.0 Å². The second-order valence-corrected chi connectivity index (χ2v) is 6.11. The third-order valence-corrected chi connectivity index (χ3v) is 4.20. The van der Waals surface area contributed by atoms with E-state index in [-0.39, 0.29) is 4.90 Å². The first-order chi connectivity index (χ1) is 7.98. The van der Waals surface area contributed by atoms with Gasteiger partial charge in [-0.1, -0.05) is 13.3 Å². The Morgan fingerprint density at radius 2 is 1.76 bits per heavy atom. The zero-order valence-electron chi connectivity index (χ0n) is 10.5. The molecule has 0 saturated carbocycles. The van der Waals surface area contributed by atoms with Crippen molar-refractivity contribution in [2.24, 2.45) is 0 Å². The van der Waals surface area contributed by atoms with Crippen LogP contribution in [0.3, 0.4) is 0 Å². The van der Waals surface area contributed by atoms with Crippen molar-refractivity contribution in [2.75, 3.05) is 20.7 Å². The summed E-state index contributed by atoms with van der Waals surface area (Å²) in [6.45, 7) is 2.76. The van der Waals surface area contributed by atoms with Gasteiger partial charge in [-0.05, 0) is 30.7 Å². The summed E-state index contributed by atoms with van der Waals surface area (Å²) in [4.78, 5) is 0.283. The normalized spacial score (nSPS) is 11.8. The molecular formula is C12H19NO3S. The predicted molar refractivity (Wildman–Crippen MR) is 67.7 cm³/mol. The minimum Gasteiger partial charge on any atom is -0.494 e. The van der Waals surface area contributed by atoms with Crippen molar-refractivity contribution in [1.29, 1.82) is 0 Å². The molecule has 0 amide bonds. The molecule has 0 aliphatic rings. The molecule has 0 saturated heterocycles. The molecule has 0 heterocycles. The van der Waals surface area contributed by atoms with Crippen molar-refractivity contribution < 1.29 is 13.2 Å². The van der Waals surface area contributed by atoms with Gasteiger partial charge in [0.05, 0.1) is 11.5 Å². The van der Waals surface area contributed by atoms with Crippen molar-refractivity contribution in [3.63, 3.8) is 0 Å². The summed E-state index contributed by atoms with van der Waals surface area (Å²) < 4.78 is 30.2. The second-order valence-electron chi connectivity index (χ2n) is 3.96. The van der Waals surface area contributed by atoms with Gasteiger partial charge in [-0.2, -0.15) is 0 Å². The van der Waals surface area contributed by atoms with Gasteiger partial charge in [0.2, 0.25) is 10.0 Å². The van der Waals surface area contributed by atoms with E-state index in [1.54, 1.807) is 24.3 Å². The standard InChI is InChI=1S/C12H19NO3S/c1-4-5-10-16-11-6-8-12(9-7-11)17(14,15)13(2)3/h6-9H,4-5,10H2,1-3H3. The molecule has 1 aromatic rings. The summed E-state index contributed by atoms with van der Waals surface area (Å²) in [5, 5.41) is 0. The molecule has 1 rings (SSSR count). The first-order valence-corrected chi connectivity index (χ1v) is 7.08. The third kappa shape index (κ3) is 3.71. The minimum atomic E-state index is -3.34. The molecule has 0 bridgehead atoms. The summed E-state index contributed by atoms with van der Waals surface area (Å²) in [5.41, 5.74) is 0. The fourth-order valence-electron chi connectivity index (χ4n) is 1.25. The minimum absolute atomic E-state index is 0.283. The van der Waals surface area contributed by atoms with Crippen LogP contribution in [-0.4, -0.2) is 33.4 Å². The van der Waals surface area contributed by atoms with E-state index >= 15 is 0 Å². The van der Waals surface area contributed by atoms with E-state index in [9.17, 15) is 8.42 Å². The van der Waals surface area contributed by atoms with Gasteiger partial charge >= 0.3 is 0 Å². The van der Waals surface area contributed by atoms with Gasteiger partial charge in [0, 0.05) is 14.1 Å². The highest BCUT2D eigenvalue weighted by atomic mass is 32.2. The molecule has 0 aliphatic carbocycles. The molecule has 0 radical (unpaired) electrons. The zero-order valence-corrected chi connectivity index (χ0v) is 11.3. The van der Waals surface area contributed by atoms with Gasteiger partial charge in [0.15, 0.2) is 0 Å². The topological polar surface area (TPSA) is 46.6 Å². The molecule has 0 fully saturated rings. The SMILES string of the molecule is CCCCOc1ccc(S(=O)(=O)N(C)C)cc1. The van der Waals surface area contributed by atoms with Crippen LogP contribution in [0.25, 0.3) is 0 Å². The molecule has 0 aliphatic heterocycles. The average molecular weight is 257 g/mol. The van der Waals surface area contributed by atoms with Crippen molar-refractivity contribution in [3.05, 3.63) is 24.3 Å². The van der Waals surface area contributed by atoms with Crippen LogP contribution in [0, 0.1) is 0 Å². The Kier molecular flexibility index (Phi) is 4.96. The summed E-state index contributed by atoms with van der Waals surface area (Å²) in [5.74, 6) is 0.705. The highest BCUT2D eigenvalue weighted by Gasteiger charge is 2.16. The Morgan fingerprint density at radius 3 is 2.24 bits per heavy atom. The lowest BCUT2D eigenvalue weighted by molar-refractivity contribution is 0.309. The number of hydrogen-bond donors (Lipinski definition) is 0. The van der Waals surface area contributed by atoms with Crippen molar-refractivity contribution in [3.8, 4) is 5.75 Å². The van der Waals surface area contributed by atoms with Crippen molar-refractivity contribution in [1.82, 2.24) is 4.31 Å². The maximum Gasteiger partial charge on any atom is 0.242 e. The smallest absolute Gasteiger partial charge is 0.242 e. The zero-order chi connectivity index (χ0) is 12.9. The van der Waals surface area contributed by atoms with Crippen LogP contribution in [0.15, 0.2) is 29.2 Å². The highest BCUT2D eigenvalue weighted by Crippen LogP contribution is 2.18. The molecule has 4 nitrogen and oxygen atoms in total. The Hall–Kier alpha value is -1.07. The number of benzene rings is 1. The number of ether oxygens (including phenoxy) is 1.